The van der Waals surface area contributed by atoms with Crippen LogP contribution in [0.4, 0.5) is 17.6 Å². The van der Waals surface area contributed by atoms with Crippen LogP contribution in [0, 0.1) is 11.2 Å². The third kappa shape index (κ3) is 5.38. The van der Waals surface area contributed by atoms with E-state index in [-0.39, 0.29) is 6.42 Å². The number of allylic oxidation sites excluding steroid dienone is 4. The zero-order valence-electron chi connectivity index (χ0n) is 11.0. The van der Waals surface area contributed by atoms with Crippen LogP contribution in [0.15, 0.2) is 42.0 Å². The smallest absolute Gasteiger partial charge is 0.263 e. The molecule has 0 unspecified atom stereocenters. The van der Waals surface area contributed by atoms with Gasteiger partial charge in [-0.25, -0.2) is 13.2 Å². The minimum Gasteiger partial charge on any atom is -0.274 e. The molecule has 0 bridgehead atoms. The maximum Gasteiger partial charge on any atom is 0.263 e. The van der Waals surface area contributed by atoms with Gasteiger partial charge >= 0.3 is 0 Å². The van der Waals surface area contributed by atoms with Gasteiger partial charge < -0.3 is 0 Å². The van der Waals surface area contributed by atoms with Crippen molar-refractivity contribution < 1.29 is 17.6 Å². The predicted octanol–water partition coefficient (Wildman–Crippen LogP) is 5.15. The third-order valence-electron chi connectivity index (χ3n) is 2.52. The van der Waals surface area contributed by atoms with E-state index < -0.39 is 23.8 Å². The molecule has 1 nitrogen and oxygen atoms in total. The van der Waals surface area contributed by atoms with E-state index >= 15 is 0 Å². The molecule has 0 aliphatic rings. The summed E-state index contributed by atoms with van der Waals surface area (Å²) < 4.78 is 51.1. The number of halogens is 4. The van der Waals surface area contributed by atoms with E-state index in [2.05, 4.69) is 0 Å². The lowest BCUT2D eigenvalue weighted by atomic mass is 10.0. The molecule has 108 valence electrons. The van der Waals surface area contributed by atoms with Crippen LogP contribution in [0.1, 0.15) is 30.9 Å². The van der Waals surface area contributed by atoms with Gasteiger partial charge in [0, 0.05) is 5.56 Å². The Morgan fingerprint density at radius 3 is 2.55 bits per heavy atom. The Labute approximate surface area is 115 Å². The van der Waals surface area contributed by atoms with Crippen LogP contribution < -0.4 is 0 Å². The molecule has 0 fully saturated rings. The van der Waals surface area contributed by atoms with Crippen molar-refractivity contribution in [2.75, 3.05) is 0 Å². The van der Waals surface area contributed by atoms with E-state index in [1.165, 1.54) is 6.07 Å². The second-order valence-electron chi connectivity index (χ2n) is 4.25. The largest absolute Gasteiger partial charge is 0.274 e. The fraction of sp³-hybridized carbons (Fsp3) is 0.267. The Bertz CT molecular complexity index is 533. The van der Waals surface area contributed by atoms with Crippen LogP contribution in [0.3, 0.4) is 0 Å². The highest BCUT2D eigenvalue weighted by molar-refractivity contribution is 5.84. The normalized spacial score (nSPS) is 12.4. The molecule has 0 aliphatic carbocycles. The Morgan fingerprint density at radius 1 is 1.30 bits per heavy atom. The molecular weight excluding hydrogens is 270 g/mol. The average molecular weight is 285 g/mol. The van der Waals surface area contributed by atoms with Crippen molar-refractivity contribution in [1.82, 2.24) is 0 Å². The highest BCUT2D eigenvalue weighted by Gasteiger charge is 2.10. The summed E-state index contributed by atoms with van der Waals surface area (Å²) in [6, 6.07) is 3.08. The quantitative estimate of drug-likeness (QED) is 0.425. The Morgan fingerprint density at radius 2 is 2.00 bits per heavy atom. The molecule has 0 aromatic heterocycles. The molecule has 1 aromatic carbocycles. The van der Waals surface area contributed by atoms with Crippen molar-refractivity contribution in [3.63, 3.8) is 0 Å². The Balaban J connectivity index is 3.04. The number of nitrogens with one attached hydrogen (secondary N) is 1. The summed E-state index contributed by atoms with van der Waals surface area (Å²) in [5.41, 5.74) is 0.327. The maximum atomic E-state index is 13.3. The van der Waals surface area contributed by atoms with Gasteiger partial charge in [0.15, 0.2) is 0 Å². The van der Waals surface area contributed by atoms with Gasteiger partial charge in [0.25, 0.3) is 6.43 Å². The molecule has 0 heterocycles. The first kappa shape index (κ1) is 16.1. The summed E-state index contributed by atoms with van der Waals surface area (Å²) in [5.74, 6) is -1.89. The number of benzene rings is 1. The molecule has 20 heavy (non-hydrogen) atoms. The lowest BCUT2D eigenvalue weighted by molar-refractivity contribution is 0.151. The SMILES string of the molecule is CC/C=C\C(=C/C(=N)F)Cc1cc(F)cc(C(F)F)c1. The second kappa shape index (κ2) is 7.62. The van der Waals surface area contributed by atoms with E-state index in [9.17, 15) is 17.6 Å². The lowest BCUT2D eigenvalue weighted by Crippen LogP contribution is -1.95. The van der Waals surface area contributed by atoms with Crippen LogP contribution in [0.25, 0.3) is 0 Å². The summed E-state index contributed by atoms with van der Waals surface area (Å²) in [5, 5.41) is 6.81. The molecule has 0 radical (unpaired) electrons. The highest BCUT2D eigenvalue weighted by atomic mass is 19.3. The molecule has 1 rings (SSSR count). The number of rotatable bonds is 6. The van der Waals surface area contributed by atoms with Gasteiger partial charge in [-0.15, -0.1) is 0 Å². The van der Waals surface area contributed by atoms with E-state index in [0.29, 0.717) is 17.6 Å². The fourth-order valence-electron chi connectivity index (χ4n) is 1.73. The molecule has 0 spiro atoms. The molecule has 0 amide bonds. The minimum atomic E-state index is -2.76. The summed E-state index contributed by atoms with van der Waals surface area (Å²) in [7, 11) is 0. The first-order chi connectivity index (χ1) is 9.42. The van der Waals surface area contributed by atoms with Crippen LogP contribution in [-0.2, 0) is 6.42 Å². The van der Waals surface area contributed by atoms with Gasteiger partial charge in [-0.1, -0.05) is 19.1 Å². The molecule has 1 aromatic rings. The molecule has 0 aliphatic heterocycles. The molecule has 0 atom stereocenters. The monoisotopic (exact) mass is 285 g/mol. The highest BCUT2D eigenvalue weighted by Crippen LogP contribution is 2.22. The van der Waals surface area contributed by atoms with Crippen molar-refractivity contribution in [3.05, 3.63) is 58.9 Å². The number of hydrogen-bond acceptors (Lipinski definition) is 1. The maximum absolute atomic E-state index is 13.3. The summed E-state index contributed by atoms with van der Waals surface area (Å²) >= 11 is 0. The van der Waals surface area contributed by atoms with E-state index in [0.717, 1.165) is 18.2 Å². The third-order valence-corrected chi connectivity index (χ3v) is 2.52. The lowest BCUT2D eigenvalue weighted by Gasteiger charge is -2.06. The number of alkyl halides is 2. The van der Waals surface area contributed by atoms with Crippen molar-refractivity contribution in [2.24, 2.45) is 0 Å². The number of hydrogen-bond donors (Lipinski definition) is 1. The summed E-state index contributed by atoms with van der Waals surface area (Å²) in [4.78, 5) is 0. The van der Waals surface area contributed by atoms with E-state index in [1.54, 1.807) is 12.2 Å². The van der Waals surface area contributed by atoms with Gasteiger partial charge in [0.2, 0.25) is 5.97 Å². The van der Waals surface area contributed by atoms with E-state index in [1.807, 2.05) is 6.92 Å². The first-order valence-electron chi connectivity index (χ1n) is 6.11. The average Bonchev–Trinajstić information content (AvgIpc) is 2.34. The minimum absolute atomic E-state index is 0.0836. The molecular formula is C15H15F4N. The Hall–Kier alpha value is -1.91. The Kier molecular flexibility index (Phi) is 6.15. The second-order valence-corrected chi connectivity index (χ2v) is 4.25. The zero-order valence-corrected chi connectivity index (χ0v) is 11.0. The van der Waals surface area contributed by atoms with Crippen LogP contribution in [-0.4, -0.2) is 5.97 Å². The van der Waals surface area contributed by atoms with Crippen molar-refractivity contribution >= 4 is 5.97 Å². The molecule has 1 N–H and O–H groups in total. The van der Waals surface area contributed by atoms with Crippen LogP contribution >= 0.6 is 0 Å². The van der Waals surface area contributed by atoms with Crippen LogP contribution in [0.5, 0.6) is 0 Å². The molecule has 0 saturated heterocycles. The zero-order chi connectivity index (χ0) is 15.1. The van der Waals surface area contributed by atoms with Gasteiger partial charge in [0.1, 0.15) is 5.82 Å². The first-order valence-corrected chi connectivity index (χ1v) is 6.11. The standard InChI is InChI=1S/C15H15F4N/c1-2-3-4-10(8-14(17)20)5-11-6-12(15(18)19)9-13(16)7-11/h3-4,6-9,15,20H,2,5H2,1H3/b4-3-,10-8+,20-14?. The van der Waals surface area contributed by atoms with Crippen LogP contribution in [0.2, 0.25) is 0 Å². The topological polar surface area (TPSA) is 23.9 Å². The predicted molar refractivity (Wildman–Crippen MR) is 71.4 cm³/mol. The van der Waals surface area contributed by atoms with Gasteiger partial charge in [-0.2, -0.15) is 4.39 Å². The van der Waals surface area contributed by atoms with Gasteiger partial charge in [0.05, 0.1) is 0 Å². The van der Waals surface area contributed by atoms with Crippen molar-refractivity contribution in [1.29, 1.82) is 5.41 Å². The van der Waals surface area contributed by atoms with Crippen molar-refractivity contribution in [2.45, 2.75) is 26.2 Å². The molecule has 0 saturated carbocycles. The van der Waals surface area contributed by atoms with Gasteiger partial charge in [-0.3, -0.25) is 5.41 Å². The van der Waals surface area contributed by atoms with Crippen molar-refractivity contribution in [3.8, 4) is 0 Å². The van der Waals surface area contributed by atoms with Gasteiger partial charge in [-0.05, 0) is 48.3 Å². The summed E-state index contributed by atoms with van der Waals surface area (Å²) in [6.45, 7) is 1.88. The summed E-state index contributed by atoms with van der Waals surface area (Å²) in [6.07, 6.45) is 2.37. The fourth-order valence-corrected chi connectivity index (χ4v) is 1.73. The van der Waals surface area contributed by atoms with E-state index in [4.69, 9.17) is 5.41 Å². The molecule has 5 heteroatoms.